The van der Waals surface area contributed by atoms with Crippen LogP contribution in [0.2, 0.25) is 0 Å². The van der Waals surface area contributed by atoms with Crippen LogP contribution in [0.4, 0.5) is 0 Å². The monoisotopic (exact) mass is 1140 g/mol. The predicted octanol–water partition coefficient (Wildman–Crippen LogP) is 18.7. The van der Waals surface area contributed by atoms with Crippen LogP contribution < -0.4 is 14.2 Å². The smallest absolute Gasteiger partial charge is 0.189 e. The highest BCUT2D eigenvalue weighted by Crippen LogP contribution is 2.22. The Morgan fingerprint density at radius 2 is 0.929 bits per heavy atom. The summed E-state index contributed by atoms with van der Waals surface area (Å²) in [7, 11) is 0. The number of fused-ring (bicyclic) bond motifs is 3. The summed E-state index contributed by atoms with van der Waals surface area (Å²) in [6.45, 7) is 9.58. The molecule has 1 aliphatic heterocycles. The largest absolute Gasteiger partial charge is 0.491 e. The molecule has 0 radical (unpaired) electrons. The third-order valence-electron chi connectivity index (χ3n) is 15.5. The van der Waals surface area contributed by atoms with Crippen molar-refractivity contribution in [1.29, 1.82) is 0 Å². The molecule has 4 heterocycles. The third-order valence-corrected chi connectivity index (χ3v) is 15.5. The highest BCUT2D eigenvalue weighted by molar-refractivity contribution is 5.85. The number of aromatic nitrogens is 3. The van der Waals surface area contributed by atoms with E-state index in [-0.39, 0.29) is 12.4 Å². The Hall–Kier alpha value is -7.07. The van der Waals surface area contributed by atoms with Gasteiger partial charge in [0.05, 0.1) is 19.7 Å². The van der Waals surface area contributed by atoms with Crippen molar-refractivity contribution in [3.8, 4) is 17.2 Å². The van der Waals surface area contributed by atoms with E-state index in [4.69, 9.17) is 18.9 Å². The van der Waals surface area contributed by atoms with E-state index in [1.54, 1.807) is 0 Å². The molecule has 6 aromatic carbocycles. The van der Waals surface area contributed by atoms with Crippen molar-refractivity contribution in [2.75, 3.05) is 26.4 Å². The SMILES string of the molecule is CCCCCCCCc1ccc(OCC(=O)Cn2ccc3ccccc32)cc1.CCCCCCCCc1ccc(OCC(O)Cn2ccc3ccccc32)cc1.CCCCCCCCc1ccc(OCC2CO2)cc1.c1ccc2[nH]ccc2c1. The van der Waals surface area contributed by atoms with E-state index in [1.807, 2.05) is 96.0 Å². The number of Topliss-reactive ketones (excluding diaryl/α,β-unsaturated/α-hetero) is 1. The third kappa shape index (κ3) is 24.3. The van der Waals surface area contributed by atoms with E-state index in [0.717, 1.165) is 53.1 Å². The number of aliphatic hydroxyl groups excluding tert-OH is 1. The van der Waals surface area contributed by atoms with Crippen molar-refractivity contribution in [3.63, 3.8) is 0 Å². The van der Waals surface area contributed by atoms with Crippen LogP contribution in [-0.2, 0) is 41.9 Å². The zero-order valence-corrected chi connectivity index (χ0v) is 50.9. The van der Waals surface area contributed by atoms with E-state index in [9.17, 15) is 9.90 Å². The second-order valence-electron chi connectivity index (χ2n) is 22.6. The first-order valence-electron chi connectivity index (χ1n) is 31.9. The van der Waals surface area contributed by atoms with Crippen LogP contribution in [0.5, 0.6) is 17.2 Å². The number of aliphatic hydroxyl groups is 1. The van der Waals surface area contributed by atoms with Crippen molar-refractivity contribution in [2.24, 2.45) is 0 Å². The van der Waals surface area contributed by atoms with Gasteiger partial charge in [-0.05, 0) is 144 Å². The molecule has 1 fully saturated rings. The molecule has 10 rings (SSSR count). The van der Waals surface area contributed by atoms with Crippen LogP contribution in [-0.4, -0.2) is 63.6 Å². The highest BCUT2D eigenvalue weighted by atomic mass is 16.6. The van der Waals surface area contributed by atoms with Gasteiger partial charge in [-0.25, -0.2) is 0 Å². The van der Waals surface area contributed by atoms with Crippen molar-refractivity contribution < 1.29 is 28.8 Å². The van der Waals surface area contributed by atoms with E-state index in [2.05, 4.69) is 121 Å². The zero-order chi connectivity index (χ0) is 58.7. The number of epoxide rings is 1. The number of nitrogens with zero attached hydrogens (tertiary/aromatic N) is 2. The summed E-state index contributed by atoms with van der Waals surface area (Å²) >= 11 is 0. The fourth-order valence-corrected chi connectivity index (χ4v) is 10.4. The Bertz CT molecular complexity index is 3120. The topological polar surface area (TPSA) is 103 Å². The Morgan fingerprint density at radius 1 is 0.500 bits per heavy atom. The molecule has 0 amide bonds. The number of nitrogens with one attached hydrogen (secondary N) is 1. The van der Waals surface area contributed by atoms with Crippen molar-refractivity contribution in [3.05, 3.63) is 199 Å². The number of hydrogen-bond acceptors (Lipinski definition) is 6. The standard InChI is InChI=1S/C25H33NO2.C25H31NO2.C17H26O2.C8H7N/c2*1-2-3-4-5-6-7-10-21-13-15-24(16-14-21)28-20-23(27)19-26-18-17-22-11-8-9-12-25(22)26;1-2-3-4-5-6-7-8-15-9-11-16(12-10-15)18-13-17-14-19-17;1-2-4-8-7(3-1)5-6-9-8/h8-9,11-18,23,27H,2-7,10,19-20H2,1H3;8-9,11-18H,2-7,10,19-20H2,1H3;9-12,17H,2-8,13-14H2,1H3;1-6,9H. The van der Waals surface area contributed by atoms with Crippen LogP contribution in [0.1, 0.15) is 153 Å². The molecule has 1 saturated heterocycles. The maximum Gasteiger partial charge on any atom is 0.189 e. The normalized spacial score (nSPS) is 12.8. The number of aryl methyl sites for hydroxylation is 3. The number of para-hydroxylation sites is 3. The quantitative estimate of drug-likeness (QED) is 0.0308. The van der Waals surface area contributed by atoms with Crippen molar-refractivity contribution >= 4 is 38.5 Å². The fourth-order valence-electron chi connectivity index (χ4n) is 10.4. The summed E-state index contributed by atoms with van der Waals surface area (Å²) in [5.41, 5.74) is 7.55. The Kier molecular flexibility index (Phi) is 29.2. The maximum absolute atomic E-state index is 12.3. The van der Waals surface area contributed by atoms with E-state index in [0.29, 0.717) is 32.4 Å². The molecule has 2 N–H and O–H groups in total. The molecular formula is C75H97N3O6. The van der Waals surface area contributed by atoms with Gasteiger partial charge in [-0.1, -0.05) is 208 Å². The first-order chi connectivity index (χ1) is 41.4. The van der Waals surface area contributed by atoms with Crippen LogP contribution >= 0.6 is 0 Å². The molecule has 2 unspecified atom stereocenters. The molecule has 2 atom stereocenters. The summed E-state index contributed by atoms with van der Waals surface area (Å²) in [5, 5.41) is 14.0. The molecule has 9 nitrogen and oxygen atoms in total. The first kappa shape index (κ1) is 64.5. The molecule has 3 aromatic heterocycles. The van der Waals surface area contributed by atoms with Crippen LogP contribution in [0.3, 0.4) is 0 Å². The number of carbonyl (C=O) groups excluding carboxylic acids is 1. The first-order valence-corrected chi connectivity index (χ1v) is 31.9. The van der Waals surface area contributed by atoms with Gasteiger partial charge >= 0.3 is 0 Å². The van der Waals surface area contributed by atoms with Gasteiger partial charge in [0, 0.05) is 35.1 Å². The molecule has 9 aromatic rings. The van der Waals surface area contributed by atoms with E-state index in [1.165, 1.54) is 155 Å². The van der Waals surface area contributed by atoms with Gasteiger partial charge in [0.1, 0.15) is 49.3 Å². The van der Waals surface area contributed by atoms with Gasteiger partial charge < -0.3 is 38.2 Å². The number of H-pyrrole nitrogens is 1. The van der Waals surface area contributed by atoms with E-state index < -0.39 is 6.10 Å². The minimum atomic E-state index is -0.543. The molecule has 9 heteroatoms. The van der Waals surface area contributed by atoms with Crippen LogP contribution in [0.15, 0.2) is 182 Å². The molecule has 1 aliphatic rings. The Morgan fingerprint density at radius 3 is 1.43 bits per heavy atom. The van der Waals surface area contributed by atoms with Gasteiger partial charge in [-0.3, -0.25) is 4.79 Å². The summed E-state index contributed by atoms with van der Waals surface area (Å²) in [6, 6.07) is 55.7. The lowest BCUT2D eigenvalue weighted by atomic mass is 10.0. The van der Waals surface area contributed by atoms with Gasteiger partial charge in [0.25, 0.3) is 0 Å². The number of aromatic amines is 1. The number of unbranched alkanes of at least 4 members (excludes halogenated alkanes) is 15. The number of ether oxygens (including phenoxy) is 4. The lowest BCUT2D eigenvalue weighted by Crippen LogP contribution is -2.23. The fraction of sp³-hybridized carbons (Fsp3) is 0.427. The van der Waals surface area contributed by atoms with Gasteiger partial charge in [0.15, 0.2) is 5.78 Å². The van der Waals surface area contributed by atoms with Crippen molar-refractivity contribution in [1.82, 2.24) is 14.1 Å². The average Bonchev–Trinajstić information content (AvgIpc) is 4.02. The summed E-state index contributed by atoms with van der Waals surface area (Å²) in [4.78, 5) is 15.4. The second kappa shape index (κ2) is 38.0. The number of ketones is 1. The molecule has 448 valence electrons. The van der Waals surface area contributed by atoms with Crippen molar-refractivity contribution in [2.45, 2.75) is 181 Å². The minimum Gasteiger partial charge on any atom is -0.491 e. The van der Waals surface area contributed by atoms with Gasteiger partial charge in [-0.15, -0.1) is 0 Å². The Labute approximate surface area is 502 Å². The number of hydrogen-bond donors (Lipinski definition) is 2. The highest BCUT2D eigenvalue weighted by Gasteiger charge is 2.23. The summed E-state index contributed by atoms with van der Waals surface area (Å²) < 4.78 is 26.3. The number of rotatable bonds is 34. The Balaban J connectivity index is 0.000000170. The molecule has 0 spiro atoms. The molecule has 0 saturated carbocycles. The molecule has 0 aliphatic carbocycles. The number of carbonyl (C=O) groups is 1. The molecule has 0 bridgehead atoms. The minimum absolute atomic E-state index is 0.0671. The van der Waals surface area contributed by atoms with Crippen LogP contribution in [0, 0.1) is 0 Å². The maximum atomic E-state index is 12.3. The lowest BCUT2D eigenvalue weighted by Gasteiger charge is -2.14. The molecular weight excluding hydrogens is 1040 g/mol. The molecule has 84 heavy (non-hydrogen) atoms. The van der Waals surface area contributed by atoms with Gasteiger partial charge in [-0.2, -0.15) is 0 Å². The second-order valence-corrected chi connectivity index (χ2v) is 22.6. The lowest BCUT2D eigenvalue weighted by molar-refractivity contribution is -0.121. The van der Waals surface area contributed by atoms with E-state index >= 15 is 0 Å². The summed E-state index contributed by atoms with van der Waals surface area (Å²) in [6.07, 6.45) is 33.2. The predicted molar refractivity (Wildman–Crippen MR) is 350 cm³/mol. The van der Waals surface area contributed by atoms with Gasteiger partial charge in [0.2, 0.25) is 0 Å². The zero-order valence-electron chi connectivity index (χ0n) is 50.9. The summed E-state index contributed by atoms with van der Waals surface area (Å²) in [5.74, 6) is 2.61. The number of benzene rings is 6. The average molecular weight is 1140 g/mol. The van der Waals surface area contributed by atoms with Crippen LogP contribution in [0.25, 0.3) is 32.7 Å².